The fraction of sp³-hybridized carbons (Fsp3) is 0.900. The molecule has 1 aliphatic rings. The van der Waals surface area contributed by atoms with Gasteiger partial charge in [0.1, 0.15) is 0 Å². The van der Waals surface area contributed by atoms with Gasteiger partial charge in [-0.05, 0) is 34.2 Å². The highest BCUT2D eigenvalue weighted by Crippen LogP contribution is 2.13. The predicted octanol–water partition coefficient (Wildman–Crippen LogP) is 1.45. The second kappa shape index (κ2) is 4.03. The Balaban J connectivity index is 2.44. The van der Waals surface area contributed by atoms with Gasteiger partial charge >= 0.3 is 0 Å². The first-order chi connectivity index (χ1) is 5.91. The maximum atomic E-state index is 5.29. The number of nitrogens with one attached hydrogen (secondary N) is 1. The first kappa shape index (κ1) is 11.1. The summed E-state index contributed by atoms with van der Waals surface area (Å²) in [6.07, 6.45) is 1.07. The highest BCUT2D eigenvalue weighted by Gasteiger charge is 2.25. The lowest BCUT2D eigenvalue weighted by Crippen LogP contribution is -2.46. The molecule has 1 unspecified atom stereocenters. The Labute approximate surface area is 86.7 Å². The summed E-state index contributed by atoms with van der Waals surface area (Å²) in [5.41, 5.74) is 0.236. The molecular weight excluding hydrogens is 180 g/mol. The van der Waals surface area contributed by atoms with Gasteiger partial charge in [-0.2, -0.15) is 0 Å². The minimum absolute atomic E-state index is 0.236. The molecule has 1 N–H and O–H groups in total. The molecule has 3 heteroatoms. The summed E-state index contributed by atoms with van der Waals surface area (Å²) in [5.74, 6) is 0. The molecule has 0 aromatic carbocycles. The largest absolute Gasteiger partial charge is 0.308 e. The van der Waals surface area contributed by atoms with Gasteiger partial charge in [0.2, 0.25) is 0 Å². The number of nitrogens with zero attached hydrogens (tertiary/aromatic N) is 1. The highest BCUT2D eigenvalue weighted by molar-refractivity contribution is 7.80. The van der Waals surface area contributed by atoms with Gasteiger partial charge in [-0.1, -0.05) is 12.2 Å². The van der Waals surface area contributed by atoms with Gasteiger partial charge in [-0.15, -0.1) is 0 Å². The first-order valence-electron chi connectivity index (χ1n) is 4.88. The zero-order valence-corrected chi connectivity index (χ0v) is 9.87. The Bertz CT molecular complexity index is 196. The molecule has 0 aromatic rings. The lowest BCUT2D eigenvalue weighted by molar-refractivity contribution is 0.171. The SMILES string of the molecule is CN(CC1NCCC1=S)C(C)(C)C. The molecule has 0 bridgehead atoms. The average molecular weight is 200 g/mol. The van der Waals surface area contributed by atoms with Crippen molar-refractivity contribution in [2.75, 3.05) is 20.1 Å². The second-order valence-corrected chi connectivity index (χ2v) is 5.30. The van der Waals surface area contributed by atoms with Crippen LogP contribution < -0.4 is 5.32 Å². The van der Waals surface area contributed by atoms with Gasteiger partial charge in [0, 0.05) is 23.5 Å². The lowest BCUT2D eigenvalue weighted by Gasteiger charge is -2.33. The normalized spacial score (nSPS) is 24.4. The third kappa shape index (κ3) is 3.01. The van der Waals surface area contributed by atoms with Crippen molar-refractivity contribution in [3.05, 3.63) is 0 Å². The van der Waals surface area contributed by atoms with E-state index in [1.807, 2.05) is 0 Å². The van der Waals surface area contributed by atoms with E-state index in [0.717, 1.165) is 19.5 Å². The van der Waals surface area contributed by atoms with E-state index in [1.165, 1.54) is 4.86 Å². The van der Waals surface area contributed by atoms with Crippen LogP contribution >= 0.6 is 12.2 Å². The fourth-order valence-electron chi connectivity index (χ4n) is 1.37. The molecule has 0 saturated carbocycles. The minimum Gasteiger partial charge on any atom is -0.308 e. The second-order valence-electron chi connectivity index (χ2n) is 4.77. The lowest BCUT2D eigenvalue weighted by atomic mass is 10.1. The topological polar surface area (TPSA) is 15.3 Å². The summed E-state index contributed by atoms with van der Waals surface area (Å²) >= 11 is 5.29. The van der Waals surface area contributed by atoms with Crippen molar-refractivity contribution < 1.29 is 0 Å². The standard InChI is InChI=1S/C10H20N2S/c1-10(2,3)12(4)7-8-9(13)5-6-11-8/h8,11H,5-7H2,1-4H3. The molecular formula is C10H20N2S. The van der Waals surface area contributed by atoms with Crippen molar-refractivity contribution >= 4 is 17.1 Å². The van der Waals surface area contributed by atoms with Crippen LogP contribution in [0, 0.1) is 0 Å². The molecule has 0 aliphatic carbocycles. The number of rotatable bonds is 2. The van der Waals surface area contributed by atoms with Crippen LogP contribution in [0.1, 0.15) is 27.2 Å². The third-order valence-electron chi connectivity index (χ3n) is 2.75. The fourth-order valence-corrected chi connectivity index (χ4v) is 1.63. The van der Waals surface area contributed by atoms with E-state index in [-0.39, 0.29) is 5.54 Å². The van der Waals surface area contributed by atoms with Gasteiger partial charge in [0.15, 0.2) is 0 Å². The van der Waals surface area contributed by atoms with Crippen molar-refractivity contribution in [3.8, 4) is 0 Å². The molecule has 0 spiro atoms. The van der Waals surface area contributed by atoms with Crippen LogP contribution in [0.5, 0.6) is 0 Å². The summed E-state index contributed by atoms with van der Waals surface area (Å²) < 4.78 is 0. The van der Waals surface area contributed by atoms with Crippen LogP contribution in [0.3, 0.4) is 0 Å². The third-order valence-corrected chi connectivity index (χ3v) is 3.24. The van der Waals surface area contributed by atoms with E-state index < -0.39 is 0 Å². The molecule has 13 heavy (non-hydrogen) atoms. The quantitative estimate of drug-likeness (QED) is 0.679. The monoisotopic (exact) mass is 200 g/mol. The van der Waals surface area contributed by atoms with Gasteiger partial charge in [0.05, 0.1) is 6.04 Å². The van der Waals surface area contributed by atoms with Crippen molar-refractivity contribution in [1.29, 1.82) is 0 Å². The Morgan fingerprint density at radius 2 is 2.15 bits per heavy atom. The highest BCUT2D eigenvalue weighted by atomic mass is 32.1. The zero-order chi connectivity index (χ0) is 10.1. The van der Waals surface area contributed by atoms with Crippen LogP contribution in [0.2, 0.25) is 0 Å². The molecule has 1 saturated heterocycles. The van der Waals surface area contributed by atoms with E-state index in [2.05, 4.69) is 38.0 Å². The molecule has 1 aliphatic heterocycles. The van der Waals surface area contributed by atoms with E-state index in [1.54, 1.807) is 0 Å². The van der Waals surface area contributed by atoms with Crippen molar-refractivity contribution in [3.63, 3.8) is 0 Å². The summed E-state index contributed by atoms with van der Waals surface area (Å²) in [6, 6.07) is 0.430. The van der Waals surface area contributed by atoms with Crippen LogP contribution in [0.15, 0.2) is 0 Å². The van der Waals surface area contributed by atoms with Gasteiger partial charge in [-0.3, -0.25) is 4.90 Å². The van der Waals surface area contributed by atoms with Crippen LogP contribution in [0.4, 0.5) is 0 Å². The predicted molar refractivity (Wildman–Crippen MR) is 61.4 cm³/mol. The number of hydrogen-bond acceptors (Lipinski definition) is 3. The minimum atomic E-state index is 0.236. The van der Waals surface area contributed by atoms with Gasteiger partial charge in [0.25, 0.3) is 0 Å². The van der Waals surface area contributed by atoms with Crippen molar-refractivity contribution in [2.45, 2.75) is 38.8 Å². The van der Waals surface area contributed by atoms with Gasteiger partial charge in [-0.25, -0.2) is 0 Å². The molecule has 0 aromatic heterocycles. The maximum absolute atomic E-state index is 5.29. The Kier molecular flexibility index (Phi) is 3.44. The average Bonchev–Trinajstić information content (AvgIpc) is 2.34. The Morgan fingerprint density at radius 3 is 2.54 bits per heavy atom. The van der Waals surface area contributed by atoms with Crippen LogP contribution in [-0.2, 0) is 0 Å². The van der Waals surface area contributed by atoms with Crippen molar-refractivity contribution in [2.24, 2.45) is 0 Å². The Morgan fingerprint density at radius 1 is 1.54 bits per heavy atom. The summed E-state index contributed by atoms with van der Waals surface area (Å²) in [7, 11) is 2.16. The number of likely N-dealkylation sites (N-methyl/N-ethyl adjacent to an activating group) is 1. The maximum Gasteiger partial charge on any atom is 0.0513 e. The number of hydrogen-bond donors (Lipinski definition) is 1. The van der Waals surface area contributed by atoms with Crippen LogP contribution in [-0.4, -0.2) is 41.5 Å². The van der Waals surface area contributed by atoms with E-state index >= 15 is 0 Å². The summed E-state index contributed by atoms with van der Waals surface area (Å²) in [4.78, 5) is 3.54. The summed E-state index contributed by atoms with van der Waals surface area (Å²) in [6.45, 7) is 8.77. The molecule has 2 nitrogen and oxygen atoms in total. The molecule has 1 rings (SSSR count). The first-order valence-corrected chi connectivity index (χ1v) is 5.29. The molecule has 0 radical (unpaired) electrons. The molecule has 1 fully saturated rings. The van der Waals surface area contributed by atoms with E-state index in [9.17, 15) is 0 Å². The van der Waals surface area contributed by atoms with Crippen molar-refractivity contribution in [1.82, 2.24) is 10.2 Å². The zero-order valence-electron chi connectivity index (χ0n) is 9.05. The molecule has 1 atom stereocenters. The Hall–Kier alpha value is 0.01000. The smallest absolute Gasteiger partial charge is 0.0513 e. The molecule has 76 valence electrons. The summed E-state index contributed by atoms with van der Waals surface area (Å²) in [5, 5.41) is 3.43. The van der Waals surface area contributed by atoms with Crippen LogP contribution in [0.25, 0.3) is 0 Å². The molecule has 1 heterocycles. The number of thiocarbonyl (C=S) groups is 1. The van der Waals surface area contributed by atoms with E-state index in [0.29, 0.717) is 6.04 Å². The molecule has 0 amide bonds. The van der Waals surface area contributed by atoms with Gasteiger partial charge < -0.3 is 5.32 Å². The van der Waals surface area contributed by atoms with E-state index in [4.69, 9.17) is 12.2 Å².